The second kappa shape index (κ2) is 9.23. The zero-order chi connectivity index (χ0) is 19.9. The highest BCUT2D eigenvalue weighted by Gasteiger charge is 2.14. The van der Waals surface area contributed by atoms with Crippen molar-refractivity contribution in [2.75, 3.05) is 37.8 Å². The van der Waals surface area contributed by atoms with Gasteiger partial charge in [-0.05, 0) is 48.9 Å². The SMILES string of the molecule is CC(NC(=O)c1ccc(N2CCOCC2)cc1)c1ccc(OCC(=O)O)cc1. The van der Waals surface area contributed by atoms with Crippen LogP contribution in [-0.2, 0) is 9.53 Å². The third-order valence-electron chi connectivity index (χ3n) is 4.60. The fourth-order valence-corrected chi connectivity index (χ4v) is 3.01. The second-order valence-corrected chi connectivity index (χ2v) is 6.59. The van der Waals surface area contributed by atoms with Crippen LogP contribution < -0.4 is 15.0 Å². The number of benzene rings is 2. The van der Waals surface area contributed by atoms with E-state index in [2.05, 4.69) is 10.2 Å². The summed E-state index contributed by atoms with van der Waals surface area (Å²) in [6, 6.07) is 14.4. The molecule has 1 atom stereocenters. The highest BCUT2D eigenvalue weighted by atomic mass is 16.5. The standard InChI is InChI=1S/C21H24N2O5/c1-15(16-4-8-19(9-5-16)28-14-20(24)25)22-21(26)17-2-6-18(7-3-17)23-10-12-27-13-11-23/h2-9,15H,10-14H2,1H3,(H,22,26)(H,24,25). The predicted octanol–water partition coefficient (Wildman–Crippen LogP) is 2.48. The smallest absolute Gasteiger partial charge is 0.341 e. The molecular formula is C21H24N2O5. The van der Waals surface area contributed by atoms with E-state index in [1.54, 1.807) is 12.1 Å². The molecule has 1 amide bonds. The Labute approximate surface area is 163 Å². The van der Waals surface area contributed by atoms with Crippen LogP contribution in [0.2, 0.25) is 0 Å². The van der Waals surface area contributed by atoms with Gasteiger partial charge in [-0.25, -0.2) is 4.79 Å². The lowest BCUT2D eigenvalue weighted by Crippen LogP contribution is -2.36. The van der Waals surface area contributed by atoms with Crippen molar-refractivity contribution >= 4 is 17.6 Å². The normalized spacial score (nSPS) is 15.0. The van der Waals surface area contributed by atoms with E-state index in [4.69, 9.17) is 14.6 Å². The van der Waals surface area contributed by atoms with Gasteiger partial charge in [0, 0.05) is 24.3 Å². The Bertz CT molecular complexity index is 799. The van der Waals surface area contributed by atoms with E-state index < -0.39 is 5.97 Å². The number of carbonyl (C=O) groups is 2. The number of morpholine rings is 1. The van der Waals surface area contributed by atoms with Crippen molar-refractivity contribution in [1.29, 1.82) is 0 Å². The molecule has 2 N–H and O–H groups in total. The third-order valence-corrected chi connectivity index (χ3v) is 4.60. The lowest BCUT2D eigenvalue weighted by molar-refractivity contribution is -0.139. The van der Waals surface area contributed by atoms with Gasteiger partial charge in [0.1, 0.15) is 5.75 Å². The molecule has 0 aliphatic carbocycles. The molecular weight excluding hydrogens is 360 g/mol. The van der Waals surface area contributed by atoms with Gasteiger partial charge < -0.3 is 24.8 Å². The number of carboxylic acids is 1. The maximum Gasteiger partial charge on any atom is 0.341 e. The van der Waals surface area contributed by atoms with Gasteiger partial charge in [0.25, 0.3) is 5.91 Å². The Balaban J connectivity index is 1.56. The molecule has 7 nitrogen and oxygen atoms in total. The highest BCUT2D eigenvalue weighted by molar-refractivity contribution is 5.94. The van der Waals surface area contributed by atoms with E-state index in [0.29, 0.717) is 11.3 Å². The van der Waals surface area contributed by atoms with Gasteiger partial charge in [-0.2, -0.15) is 0 Å². The fourth-order valence-electron chi connectivity index (χ4n) is 3.01. The van der Waals surface area contributed by atoms with Crippen LogP contribution >= 0.6 is 0 Å². The van der Waals surface area contributed by atoms with E-state index in [0.717, 1.165) is 37.6 Å². The van der Waals surface area contributed by atoms with Crippen molar-refractivity contribution in [3.8, 4) is 5.75 Å². The number of anilines is 1. The van der Waals surface area contributed by atoms with Crippen LogP contribution in [0.25, 0.3) is 0 Å². The van der Waals surface area contributed by atoms with E-state index in [-0.39, 0.29) is 18.6 Å². The first-order valence-corrected chi connectivity index (χ1v) is 9.21. The van der Waals surface area contributed by atoms with Gasteiger partial charge in [0.15, 0.2) is 6.61 Å². The molecule has 1 saturated heterocycles. The lowest BCUT2D eigenvalue weighted by Gasteiger charge is -2.28. The molecule has 1 heterocycles. The Morgan fingerprint density at radius 3 is 2.36 bits per heavy atom. The van der Waals surface area contributed by atoms with E-state index in [1.807, 2.05) is 43.3 Å². The molecule has 3 rings (SSSR count). The molecule has 0 bridgehead atoms. The number of aliphatic carboxylic acids is 1. The molecule has 0 spiro atoms. The number of carboxylic acid groups (broad SMARTS) is 1. The second-order valence-electron chi connectivity index (χ2n) is 6.59. The number of nitrogens with one attached hydrogen (secondary N) is 1. The van der Waals surface area contributed by atoms with Crippen LogP contribution in [-0.4, -0.2) is 49.9 Å². The monoisotopic (exact) mass is 384 g/mol. The maximum absolute atomic E-state index is 12.5. The number of nitrogens with zero attached hydrogens (tertiary/aromatic N) is 1. The van der Waals surface area contributed by atoms with Crippen molar-refractivity contribution < 1.29 is 24.2 Å². The molecule has 0 aromatic heterocycles. The zero-order valence-corrected chi connectivity index (χ0v) is 15.8. The first-order chi connectivity index (χ1) is 13.5. The summed E-state index contributed by atoms with van der Waals surface area (Å²) in [6.07, 6.45) is 0. The average Bonchev–Trinajstić information content (AvgIpc) is 2.73. The average molecular weight is 384 g/mol. The van der Waals surface area contributed by atoms with Crippen LogP contribution in [0.4, 0.5) is 5.69 Å². The minimum Gasteiger partial charge on any atom is -0.482 e. The van der Waals surface area contributed by atoms with Crippen molar-refractivity contribution in [3.63, 3.8) is 0 Å². The van der Waals surface area contributed by atoms with Crippen LogP contribution in [0.3, 0.4) is 0 Å². The molecule has 1 fully saturated rings. The van der Waals surface area contributed by atoms with E-state index in [1.165, 1.54) is 0 Å². The molecule has 28 heavy (non-hydrogen) atoms. The van der Waals surface area contributed by atoms with Gasteiger partial charge in [0.2, 0.25) is 0 Å². The maximum atomic E-state index is 12.5. The summed E-state index contributed by atoms with van der Waals surface area (Å²) in [6.45, 7) is 4.67. The molecule has 7 heteroatoms. The van der Waals surface area contributed by atoms with Gasteiger partial charge in [-0.3, -0.25) is 4.79 Å². The Hall–Kier alpha value is -3.06. The number of carbonyl (C=O) groups excluding carboxylic acids is 1. The van der Waals surface area contributed by atoms with Gasteiger partial charge >= 0.3 is 5.97 Å². The summed E-state index contributed by atoms with van der Waals surface area (Å²) in [5.74, 6) is -0.694. The Morgan fingerprint density at radius 2 is 1.75 bits per heavy atom. The Kier molecular flexibility index (Phi) is 6.49. The zero-order valence-electron chi connectivity index (χ0n) is 15.8. The Morgan fingerprint density at radius 1 is 1.11 bits per heavy atom. The molecule has 0 saturated carbocycles. The van der Waals surface area contributed by atoms with Crippen LogP contribution in [0.5, 0.6) is 5.75 Å². The quantitative estimate of drug-likeness (QED) is 0.763. The summed E-state index contributed by atoms with van der Waals surface area (Å²) in [4.78, 5) is 25.3. The topological polar surface area (TPSA) is 88.1 Å². The van der Waals surface area contributed by atoms with Crippen LogP contribution in [0, 0.1) is 0 Å². The van der Waals surface area contributed by atoms with Crippen molar-refractivity contribution in [3.05, 3.63) is 59.7 Å². The minimum absolute atomic E-state index is 0.146. The summed E-state index contributed by atoms with van der Waals surface area (Å²) >= 11 is 0. The number of ether oxygens (including phenoxy) is 2. The molecule has 2 aromatic rings. The molecule has 148 valence electrons. The fraction of sp³-hybridized carbons (Fsp3) is 0.333. The highest BCUT2D eigenvalue weighted by Crippen LogP contribution is 2.20. The molecule has 1 unspecified atom stereocenters. The summed E-state index contributed by atoms with van der Waals surface area (Å²) in [5.41, 5.74) is 2.59. The molecule has 2 aromatic carbocycles. The molecule has 1 aliphatic heterocycles. The van der Waals surface area contributed by atoms with Crippen molar-refractivity contribution in [2.45, 2.75) is 13.0 Å². The number of rotatable bonds is 7. The first kappa shape index (κ1) is 19.7. The minimum atomic E-state index is -1.02. The number of hydrogen-bond acceptors (Lipinski definition) is 5. The van der Waals surface area contributed by atoms with E-state index in [9.17, 15) is 9.59 Å². The van der Waals surface area contributed by atoms with Crippen molar-refractivity contribution in [1.82, 2.24) is 5.32 Å². The van der Waals surface area contributed by atoms with Gasteiger partial charge in [0.05, 0.1) is 19.3 Å². The molecule has 1 aliphatic rings. The summed E-state index contributed by atoms with van der Waals surface area (Å²) in [7, 11) is 0. The van der Waals surface area contributed by atoms with Gasteiger partial charge in [-0.15, -0.1) is 0 Å². The number of amides is 1. The lowest BCUT2D eigenvalue weighted by atomic mass is 10.1. The first-order valence-electron chi connectivity index (χ1n) is 9.21. The van der Waals surface area contributed by atoms with Crippen LogP contribution in [0.15, 0.2) is 48.5 Å². The van der Waals surface area contributed by atoms with Crippen molar-refractivity contribution in [2.24, 2.45) is 0 Å². The largest absolute Gasteiger partial charge is 0.482 e. The molecule has 0 radical (unpaired) electrons. The predicted molar refractivity (Wildman–Crippen MR) is 105 cm³/mol. The van der Waals surface area contributed by atoms with Crippen LogP contribution in [0.1, 0.15) is 28.9 Å². The number of hydrogen-bond donors (Lipinski definition) is 2. The third kappa shape index (κ3) is 5.23. The van der Waals surface area contributed by atoms with Gasteiger partial charge in [-0.1, -0.05) is 12.1 Å². The summed E-state index contributed by atoms with van der Waals surface area (Å²) in [5, 5.41) is 11.6. The summed E-state index contributed by atoms with van der Waals surface area (Å²) < 4.78 is 10.5. The van der Waals surface area contributed by atoms with E-state index >= 15 is 0 Å².